The van der Waals surface area contributed by atoms with E-state index >= 15 is 0 Å². The fourth-order valence-corrected chi connectivity index (χ4v) is 11.4. The third kappa shape index (κ3) is 1.02. The second-order valence-corrected chi connectivity index (χ2v) is 9.72. The predicted molar refractivity (Wildman–Crippen MR) is 66.8 cm³/mol. The Kier molecular flexibility index (Phi) is 1.94. The van der Waals surface area contributed by atoms with Gasteiger partial charge in [-0.05, 0) is 18.3 Å². The van der Waals surface area contributed by atoms with E-state index < -0.39 is 0 Å². The smallest absolute Gasteiger partial charge is 0.0398 e. The topological polar surface area (TPSA) is 0 Å². The van der Waals surface area contributed by atoms with Crippen LogP contribution < -0.4 is 0 Å². The number of hydrogen-bond donors (Lipinski definition) is 0. The minimum absolute atomic E-state index is 1.06. The first kappa shape index (κ1) is 8.54. The monoisotopic (exact) mass is 248 g/mol. The zero-order chi connectivity index (χ0) is 8.41. The van der Waals surface area contributed by atoms with Gasteiger partial charge in [0.15, 0.2) is 0 Å². The Morgan fingerprint density at radius 1 is 0.615 bits per heavy atom. The summed E-state index contributed by atoms with van der Waals surface area (Å²) in [6, 6.07) is 0. The van der Waals surface area contributed by atoms with Crippen molar-refractivity contribution in [1.82, 2.24) is 0 Å². The Labute approximate surface area is 96.1 Å². The fourth-order valence-electron chi connectivity index (χ4n) is 3.47. The van der Waals surface area contributed by atoms with Crippen LogP contribution >= 0.6 is 47.0 Å². The Morgan fingerprint density at radius 3 is 1.38 bits per heavy atom. The molecule has 4 unspecified atom stereocenters. The number of thioether (sulfide) groups is 4. The zero-order valence-corrected chi connectivity index (χ0v) is 10.5. The standard InChI is InChI=1S/C9H12S4/c1-4-6-7(11-2-10-6)5(1)9-8(4)12-3-13-9/h4-9H,1-3H2. The van der Waals surface area contributed by atoms with Crippen molar-refractivity contribution in [1.29, 1.82) is 0 Å². The molecule has 2 heterocycles. The summed E-state index contributed by atoms with van der Waals surface area (Å²) in [7, 11) is 0. The van der Waals surface area contributed by atoms with E-state index in [4.69, 9.17) is 0 Å². The van der Waals surface area contributed by atoms with Crippen LogP contribution in [0.1, 0.15) is 6.42 Å². The van der Waals surface area contributed by atoms with Gasteiger partial charge in [-0.15, -0.1) is 47.0 Å². The predicted octanol–water partition coefficient (Wildman–Crippen LogP) is 2.99. The molecule has 2 saturated heterocycles. The highest BCUT2D eigenvalue weighted by Crippen LogP contribution is 2.66. The van der Waals surface area contributed by atoms with Crippen LogP contribution in [0.2, 0.25) is 0 Å². The summed E-state index contributed by atoms with van der Waals surface area (Å²) in [5.41, 5.74) is 0. The molecule has 4 heteroatoms. The molecular formula is C9H12S4. The summed E-state index contributed by atoms with van der Waals surface area (Å²) in [6.45, 7) is 0. The average molecular weight is 248 g/mol. The molecular weight excluding hydrogens is 236 g/mol. The molecule has 13 heavy (non-hydrogen) atoms. The van der Waals surface area contributed by atoms with Crippen LogP contribution in [0.4, 0.5) is 0 Å². The maximum Gasteiger partial charge on any atom is 0.0398 e. The summed E-state index contributed by atoms with van der Waals surface area (Å²) >= 11 is 9.06. The molecule has 0 amide bonds. The van der Waals surface area contributed by atoms with Gasteiger partial charge in [-0.2, -0.15) is 0 Å². The first-order chi connectivity index (χ1) is 6.45. The van der Waals surface area contributed by atoms with Gasteiger partial charge in [0.25, 0.3) is 0 Å². The van der Waals surface area contributed by atoms with Crippen LogP contribution in [0, 0.1) is 11.8 Å². The van der Waals surface area contributed by atoms with Crippen LogP contribution in [0.25, 0.3) is 0 Å². The average Bonchev–Trinajstić information content (AvgIpc) is 2.81. The second kappa shape index (κ2) is 2.96. The fraction of sp³-hybridized carbons (Fsp3) is 1.00. The van der Waals surface area contributed by atoms with Crippen LogP contribution in [0.3, 0.4) is 0 Å². The molecule has 72 valence electrons. The third-order valence-electron chi connectivity index (χ3n) is 3.92. The molecule has 4 aliphatic rings. The van der Waals surface area contributed by atoms with Crippen molar-refractivity contribution in [3.05, 3.63) is 0 Å². The minimum atomic E-state index is 1.06. The van der Waals surface area contributed by atoms with E-state index in [1.165, 1.54) is 10.2 Å². The van der Waals surface area contributed by atoms with Crippen molar-refractivity contribution >= 4 is 47.0 Å². The highest BCUT2D eigenvalue weighted by Gasteiger charge is 2.61. The van der Waals surface area contributed by atoms with Gasteiger partial charge in [0.1, 0.15) is 0 Å². The first-order valence-corrected chi connectivity index (χ1v) is 9.11. The molecule has 2 aliphatic carbocycles. The van der Waals surface area contributed by atoms with Gasteiger partial charge in [0.05, 0.1) is 0 Å². The summed E-state index contributed by atoms with van der Waals surface area (Å²) in [5, 5.41) is 7.00. The van der Waals surface area contributed by atoms with Crippen molar-refractivity contribution in [2.24, 2.45) is 11.8 Å². The molecule has 0 nitrogen and oxygen atoms in total. The van der Waals surface area contributed by atoms with Crippen LogP contribution in [0.5, 0.6) is 0 Å². The molecule has 0 aromatic heterocycles. The summed E-state index contributed by atoms with van der Waals surface area (Å²) in [6.07, 6.45) is 1.57. The highest BCUT2D eigenvalue weighted by atomic mass is 32.2. The molecule has 0 spiro atoms. The molecule has 0 radical (unpaired) electrons. The Morgan fingerprint density at radius 2 is 1.00 bits per heavy atom. The lowest BCUT2D eigenvalue weighted by molar-refractivity contribution is 0.536. The summed E-state index contributed by atoms with van der Waals surface area (Å²) in [5.74, 6) is 2.19. The van der Waals surface area contributed by atoms with Crippen LogP contribution in [0.15, 0.2) is 0 Å². The van der Waals surface area contributed by atoms with E-state index in [0.717, 1.165) is 32.8 Å². The normalized spacial score (nSPS) is 62.8. The van der Waals surface area contributed by atoms with E-state index in [1.807, 2.05) is 0 Å². The molecule has 0 aromatic rings. The van der Waals surface area contributed by atoms with Gasteiger partial charge in [-0.3, -0.25) is 0 Å². The van der Waals surface area contributed by atoms with Crippen molar-refractivity contribution < 1.29 is 0 Å². The zero-order valence-electron chi connectivity index (χ0n) is 7.22. The maximum atomic E-state index is 2.27. The Hall–Kier alpha value is 1.40. The van der Waals surface area contributed by atoms with E-state index in [2.05, 4.69) is 47.0 Å². The molecule has 0 aromatic carbocycles. The van der Waals surface area contributed by atoms with Crippen LogP contribution in [-0.2, 0) is 0 Å². The number of hydrogen-bond acceptors (Lipinski definition) is 4. The molecule has 2 saturated carbocycles. The van der Waals surface area contributed by atoms with Gasteiger partial charge in [-0.25, -0.2) is 0 Å². The highest BCUT2D eigenvalue weighted by molar-refractivity contribution is 8.21. The lowest BCUT2D eigenvalue weighted by Crippen LogP contribution is -2.38. The van der Waals surface area contributed by atoms with E-state index in [-0.39, 0.29) is 0 Å². The van der Waals surface area contributed by atoms with E-state index in [0.29, 0.717) is 0 Å². The van der Waals surface area contributed by atoms with E-state index in [1.54, 1.807) is 6.42 Å². The van der Waals surface area contributed by atoms with Gasteiger partial charge in [0, 0.05) is 31.2 Å². The van der Waals surface area contributed by atoms with Gasteiger partial charge < -0.3 is 0 Å². The van der Waals surface area contributed by atoms with E-state index in [9.17, 15) is 0 Å². The van der Waals surface area contributed by atoms with Gasteiger partial charge >= 0.3 is 0 Å². The van der Waals surface area contributed by atoms with Gasteiger partial charge in [-0.1, -0.05) is 0 Å². The van der Waals surface area contributed by atoms with Crippen molar-refractivity contribution in [2.45, 2.75) is 27.4 Å². The number of fused-ring (bicyclic) bond motifs is 8. The maximum absolute atomic E-state index is 2.27. The Bertz CT molecular complexity index is 200. The Balaban J connectivity index is 1.72. The van der Waals surface area contributed by atoms with Crippen molar-refractivity contribution in [3.63, 3.8) is 0 Å². The second-order valence-electron chi connectivity index (χ2n) is 4.32. The lowest BCUT2D eigenvalue weighted by Gasteiger charge is -2.31. The quantitative estimate of drug-likeness (QED) is 0.646. The first-order valence-electron chi connectivity index (χ1n) is 4.91. The lowest BCUT2D eigenvalue weighted by atomic mass is 9.98. The molecule has 0 N–H and O–H groups in total. The molecule has 4 fully saturated rings. The molecule has 4 rings (SSSR count). The summed E-state index contributed by atoms with van der Waals surface area (Å²) in [4.78, 5) is 0. The molecule has 4 atom stereocenters. The summed E-state index contributed by atoms with van der Waals surface area (Å²) < 4.78 is 0. The van der Waals surface area contributed by atoms with Crippen molar-refractivity contribution in [3.8, 4) is 0 Å². The largest absolute Gasteiger partial charge is 0.146 e. The van der Waals surface area contributed by atoms with Crippen molar-refractivity contribution in [2.75, 3.05) is 10.2 Å². The van der Waals surface area contributed by atoms with Gasteiger partial charge in [0.2, 0.25) is 0 Å². The minimum Gasteiger partial charge on any atom is -0.146 e. The third-order valence-corrected chi connectivity index (χ3v) is 10.6. The molecule has 2 aliphatic heterocycles. The molecule has 2 bridgehead atoms. The van der Waals surface area contributed by atoms with Crippen LogP contribution in [-0.4, -0.2) is 31.2 Å². The number of rotatable bonds is 0. The SMILES string of the molecule is C1SC2C3CC(C2S1)C1SCSC31.